The Kier molecular flexibility index (Phi) is 4.03. The van der Waals surface area contributed by atoms with Gasteiger partial charge in [-0.15, -0.1) is 11.3 Å². The zero-order valence-corrected chi connectivity index (χ0v) is 15.4. The van der Waals surface area contributed by atoms with Crippen LogP contribution in [0.4, 0.5) is 11.6 Å². The zero-order chi connectivity index (χ0) is 16.8. The van der Waals surface area contributed by atoms with Crippen LogP contribution in [0.1, 0.15) is 24.6 Å². The van der Waals surface area contributed by atoms with Gasteiger partial charge in [-0.25, -0.2) is 9.97 Å². The number of nitrogens with zero attached hydrogens (tertiary/aromatic N) is 2. The van der Waals surface area contributed by atoms with Crippen molar-refractivity contribution < 1.29 is 0 Å². The van der Waals surface area contributed by atoms with E-state index < -0.39 is 0 Å². The molecule has 0 spiro atoms. The van der Waals surface area contributed by atoms with Crippen LogP contribution in [-0.4, -0.2) is 16.0 Å². The van der Waals surface area contributed by atoms with Gasteiger partial charge in [0.2, 0.25) is 5.95 Å². The number of nitrogens with two attached hydrogens (primary N) is 1. The number of benzene rings is 1. The van der Waals surface area contributed by atoms with E-state index in [2.05, 4.69) is 17.2 Å². The van der Waals surface area contributed by atoms with Gasteiger partial charge in [0, 0.05) is 21.5 Å². The van der Waals surface area contributed by atoms with Crippen LogP contribution in [0.15, 0.2) is 18.2 Å². The van der Waals surface area contributed by atoms with E-state index in [1.807, 2.05) is 12.1 Å². The number of halogens is 2. The van der Waals surface area contributed by atoms with E-state index in [0.29, 0.717) is 22.0 Å². The largest absolute Gasteiger partial charge is 0.397 e. The van der Waals surface area contributed by atoms with Gasteiger partial charge in [-0.1, -0.05) is 30.1 Å². The van der Waals surface area contributed by atoms with Crippen LogP contribution in [0.2, 0.25) is 10.0 Å². The highest BCUT2D eigenvalue weighted by molar-refractivity contribution is 7.19. The summed E-state index contributed by atoms with van der Waals surface area (Å²) in [5.74, 6) is 0.634. The van der Waals surface area contributed by atoms with Gasteiger partial charge >= 0.3 is 0 Å². The standard InChI is InChI=1S/C17H16Cl2N4S/c1-2-12-14(20)13-15(10-6-3-8(18)7-11(10)19)22-17(21-9-4-5-9)23-16(13)24-12/h3,6-7,9H,2,4-5,20H2,1H3,(H,21,22,23). The van der Waals surface area contributed by atoms with Crippen molar-refractivity contribution in [3.8, 4) is 11.3 Å². The third-order valence-corrected chi connectivity index (χ3v) is 5.87. The van der Waals surface area contributed by atoms with Crippen molar-refractivity contribution in [1.82, 2.24) is 9.97 Å². The molecule has 0 atom stereocenters. The van der Waals surface area contributed by atoms with Crippen molar-refractivity contribution in [2.75, 3.05) is 11.1 Å². The molecule has 0 bridgehead atoms. The third kappa shape index (κ3) is 2.81. The Morgan fingerprint density at radius 1 is 1.29 bits per heavy atom. The number of hydrogen-bond acceptors (Lipinski definition) is 5. The predicted octanol–water partition coefficient (Wildman–Crippen LogP) is 5.38. The second-order valence-electron chi connectivity index (χ2n) is 5.91. The highest BCUT2D eigenvalue weighted by Gasteiger charge is 2.24. The summed E-state index contributed by atoms with van der Waals surface area (Å²) in [6.45, 7) is 2.09. The van der Waals surface area contributed by atoms with E-state index in [1.54, 1.807) is 17.4 Å². The number of aromatic nitrogens is 2. The lowest BCUT2D eigenvalue weighted by molar-refractivity contribution is 1.08. The predicted molar refractivity (Wildman–Crippen MR) is 103 cm³/mol. The van der Waals surface area contributed by atoms with Gasteiger partial charge in [0.25, 0.3) is 0 Å². The summed E-state index contributed by atoms with van der Waals surface area (Å²) in [5, 5.41) is 5.40. The molecular weight excluding hydrogens is 363 g/mol. The summed E-state index contributed by atoms with van der Waals surface area (Å²) >= 11 is 14.1. The van der Waals surface area contributed by atoms with Crippen LogP contribution >= 0.6 is 34.5 Å². The Labute approximate surface area is 154 Å². The fourth-order valence-electron chi connectivity index (χ4n) is 2.68. The second-order valence-corrected chi connectivity index (χ2v) is 7.84. The first-order valence-electron chi connectivity index (χ1n) is 7.87. The van der Waals surface area contributed by atoms with E-state index in [-0.39, 0.29) is 0 Å². The summed E-state index contributed by atoms with van der Waals surface area (Å²) in [6, 6.07) is 5.90. The lowest BCUT2D eigenvalue weighted by Crippen LogP contribution is -2.06. The normalized spacial score (nSPS) is 14.3. The topological polar surface area (TPSA) is 63.8 Å². The number of thiophene rings is 1. The van der Waals surface area contributed by atoms with Crippen molar-refractivity contribution in [1.29, 1.82) is 0 Å². The number of aryl methyl sites for hydroxylation is 1. The smallest absolute Gasteiger partial charge is 0.224 e. The number of nitrogen functional groups attached to an aromatic ring is 1. The van der Waals surface area contributed by atoms with Gasteiger partial charge in [-0.2, -0.15) is 0 Å². The SMILES string of the molecule is CCc1sc2nc(NC3CC3)nc(-c3ccc(Cl)cc3Cl)c2c1N. The minimum absolute atomic E-state index is 0.471. The maximum atomic E-state index is 6.43. The van der Waals surface area contributed by atoms with E-state index in [1.165, 1.54) is 0 Å². The van der Waals surface area contributed by atoms with Gasteiger partial charge in [0.05, 0.1) is 21.8 Å². The van der Waals surface area contributed by atoms with Gasteiger partial charge in [-0.3, -0.25) is 0 Å². The van der Waals surface area contributed by atoms with Crippen LogP contribution in [0.25, 0.3) is 21.5 Å². The van der Waals surface area contributed by atoms with E-state index in [0.717, 1.165) is 51.3 Å². The van der Waals surface area contributed by atoms with Crippen LogP contribution in [0, 0.1) is 0 Å². The van der Waals surface area contributed by atoms with Gasteiger partial charge in [-0.05, 0) is 37.5 Å². The fourth-order valence-corrected chi connectivity index (χ4v) is 4.21. The maximum absolute atomic E-state index is 6.43. The molecule has 0 amide bonds. The number of anilines is 2. The third-order valence-electron chi connectivity index (χ3n) is 4.08. The summed E-state index contributed by atoms with van der Waals surface area (Å²) < 4.78 is 0. The molecule has 24 heavy (non-hydrogen) atoms. The molecule has 1 saturated carbocycles. The van der Waals surface area contributed by atoms with Crippen molar-refractivity contribution in [2.45, 2.75) is 32.2 Å². The van der Waals surface area contributed by atoms with Crippen LogP contribution < -0.4 is 11.1 Å². The number of fused-ring (bicyclic) bond motifs is 1. The molecule has 2 heterocycles. The van der Waals surface area contributed by atoms with Gasteiger partial charge in [0.1, 0.15) is 4.83 Å². The van der Waals surface area contributed by atoms with Crippen molar-refractivity contribution >= 4 is 56.4 Å². The molecule has 2 aromatic heterocycles. The molecule has 1 fully saturated rings. The molecule has 0 saturated heterocycles. The molecule has 3 aromatic rings. The van der Waals surface area contributed by atoms with E-state index in [9.17, 15) is 0 Å². The Morgan fingerprint density at radius 2 is 2.08 bits per heavy atom. The molecule has 3 N–H and O–H groups in total. The molecular formula is C17H16Cl2N4S. The van der Waals surface area contributed by atoms with Crippen LogP contribution in [-0.2, 0) is 6.42 Å². The highest BCUT2D eigenvalue weighted by atomic mass is 35.5. The summed E-state index contributed by atoms with van der Waals surface area (Å²) in [5.41, 5.74) is 8.70. The Morgan fingerprint density at radius 3 is 2.75 bits per heavy atom. The summed E-state index contributed by atoms with van der Waals surface area (Å²) in [6.07, 6.45) is 3.18. The molecule has 0 unspecified atom stereocenters. The lowest BCUT2D eigenvalue weighted by atomic mass is 10.1. The molecule has 1 aromatic carbocycles. The lowest BCUT2D eigenvalue weighted by Gasteiger charge is -2.10. The van der Waals surface area contributed by atoms with Crippen molar-refractivity contribution in [3.05, 3.63) is 33.1 Å². The number of nitrogens with one attached hydrogen (secondary N) is 1. The quantitative estimate of drug-likeness (QED) is 0.639. The van der Waals surface area contributed by atoms with E-state index in [4.69, 9.17) is 33.9 Å². The molecule has 4 rings (SSSR count). The van der Waals surface area contributed by atoms with Gasteiger partial charge in [0.15, 0.2) is 0 Å². The fraction of sp³-hybridized carbons (Fsp3) is 0.294. The monoisotopic (exact) mass is 378 g/mol. The average Bonchev–Trinajstić information content (AvgIpc) is 3.29. The minimum Gasteiger partial charge on any atom is -0.397 e. The first kappa shape index (κ1) is 15.9. The Balaban J connectivity index is 1.97. The first-order valence-corrected chi connectivity index (χ1v) is 9.45. The minimum atomic E-state index is 0.471. The molecule has 1 aliphatic rings. The molecule has 0 radical (unpaired) electrons. The molecule has 4 nitrogen and oxygen atoms in total. The van der Waals surface area contributed by atoms with E-state index >= 15 is 0 Å². The van der Waals surface area contributed by atoms with Crippen LogP contribution in [0.3, 0.4) is 0 Å². The zero-order valence-electron chi connectivity index (χ0n) is 13.1. The van der Waals surface area contributed by atoms with Crippen molar-refractivity contribution in [3.63, 3.8) is 0 Å². The van der Waals surface area contributed by atoms with Crippen molar-refractivity contribution in [2.24, 2.45) is 0 Å². The Hall–Kier alpha value is -1.56. The molecule has 0 aliphatic heterocycles. The Bertz CT molecular complexity index is 934. The second kappa shape index (κ2) is 6.06. The molecule has 7 heteroatoms. The number of rotatable bonds is 4. The number of hydrogen-bond donors (Lipinski definition) is 2. The summed E-state index contributed by atoms with van der Waals surface area (Å²) in [7, 11) is 0. The first-order chi connectivity index (χ1) is 11.6. The maximum Gasteiger partial charge on any atom is 0.224 e. The van der Waals surface area contributed by atoms with Crippen LogP contribution in [0.5, 0.6) is 0 Å². The molecule has 124 valence electrons. The van der Waals surface area contributed by atoms with Gasteiger partial charge < -0.3 is 11.1 Å². The average molecular weight is 379 g/mol. The molecule has 1 aliphatic carbocycles. The highest BCUT2D eigenvalue weighted by Crippen LogP contribution is 2.41. The summed E-state index contributed by atoms with van der Waals surface area (Å²) in [4.78, 5) is 11.4.